The molecule has 1 amide bonds. The van der Waals surface area contributed by atoms with Gasteiger partial charge in [0.1, 0.15) is 0 Å². The van der Waals surface area contributed by atoms with Gasteiger partial charge >= 0.3 is 0 Å². The standard InChI is InChI=1S/C16H23N3O3S/c17-16(6-1-2-7-16)15(20)18-13-4-3-5-14(12-13)19-8-10-23(21,22)11-9-19/h3-5,12H,1-2,6-11,17H2,(H,18,20). The van der Waals surface area contributed by atoms with E-state index < -0.39 is 15.4 Å². The van der Waals surface area contributed by atoms with E-state index in [1.165, 1.54) is 0 Å². The maximum atomic E-state index is 12.4. The Kier molecular flexibility index (Phi) is 4.33. The van der Waals surface area contributed by atoms with Crippen LogP contribution in [-0.4, -0.2) is 44.5 Å². The number of nitrogens with one attached hydrogen (secondary N) is 1. The number of carbonyl (C=O) groups is 1. The molecule has 1 saturated heterocycles. The Morgan fingerprint density at radius 3 is 2.48 bits per heavy atom. The molecule has 7 heteroatoms. The van der Waals surface area contributed by atoms with Crippen molar-refractivity contribution in [3.05, 3.63) is 24.3 Å². The van der Waals surface area contributed by atoms with Crippen LogP contribution in [0.25, 0.3) is 0 Å². The van der Waals surface area contributed by atoms with Gasteiger partial charge in [-0.05, 0) is 31.0 Å². The fourth-order valence-corrected chi connectivity index (χ4v) is 4.44. The first-order chi connectivity index (χ1) is 10.9. The second kappa shape index (κ2) is 6.13. The van der Waals surface area contributed by atoms with Crippen molar-refractivity contribution in [1.29, 1.82) is 0 Å². The van der Waals surface area contributed by atoms with Gasteiger partial charge in [-0.3, -0.25) is 4.79 Å². The molecule has 1 aliphatic carbocycles. The normalized spacial score (nSPS) is 22.7. The highest BCUT2D eigenvalue weighted by molar-refractivity contribution is 7.91. The van der Waals surface area contributed by atoms with Crippen molar-refractivity contribution >= 4 is 27.1 Å². The zero-order valence-corrected chi connectivity index (χ0v) is 13.9. The van der Waals surface area contributed by atoms with Crippen molar-refractivity contribution in [1.82, 2.24) is 0 Å². The van der Waals surface area contributed by atoms with Gasteiger partial charge in [0.15, 0.2) is 9.84 Å². The Morgan fingerprint density at radius 1 is 1.17 bits per heavy atom. The lowest BCUT2D eigenvalue weighted by molar-refractivity contribution is -0.121. The van der Waals surface area contributed by atoms with Crippen LogP contribution in [0.5, 0.6) is 0 Å². The number of benzene rings is 1. The summed E-state index contributed by atoms with van der Waals surface area (Å²) >= 11 is 0. The van der Waals surface area contributed by atoms with Gasteiger partial charge < -0.3 is 16.0 Å². The fraction of sp³-hybridized carbons (Fsp3) is 0.562. The molecule has 1 heterocycles. The van der Waals surface area contributed by atoms with Crippen LogP contribution in [0.1, 0.15) is 25.7 Å². The van der Waals surface area contributed by atoms with Gasteiger partial charge in [0.2, 0.25) is 5.91 Å². The summed E-state index contributed by atoms with van der Waals surface area (Å²) in [5, 5.41) is 2.91. The molecule has 3 rings (SSSR count). The van der Waals surface area contributed by atoms with Crippen LogP contribution in [0.15, 0.2) is 24.3 Å². The van der Waals surface area contributed by atoms with E-state index in [9.17, 15) is 13.2 Å². The molecule has 2 fully saturated rings. The summed E-state index contributed by atoms with van der Waals surface area (Å²) in [5.41, 5.74) is 7.05. The highest BCUT2D eigenvalue weighted by Gasteiger charge is 2.37. The van der Waals surface area contributed by atoms with Gasteiger partial charge in [0.05, 0.1) is 17.0 Å². The minimum Gasteiger partial charge on any atom is -0.369 e. The SMILES string of the molecule is NC1(C(=O)Nc2cccc(N3CCS(=O)(=O)CC3)c2)CCCC1. The van der Waals surface area contributed by atoms with Crippen molar-refractivity contribution < 1.29 is 13.2 Å². The zero-order valence-electron chi connectivity index (χ0n) is 13.1. The van der Waals surface area contributed by atoms with E-state index in [2.05, 4.69) is 5.32 Å². The average molecular weight is 337 g/mol. The van der Waals surface area contributed by atoms with E-state index in [0.29, 0.717) is 18.8 Å². The van der Waals surface area contributed by atoms with Crippen LogP contribution in [0, 0.1) is 0 Å². The molecule has 2 aliphatic rings. The Labute approximate surface area is 137 Å². The molecular formula is C16H23N3O3S. The van der Waals surface area contributed by atoms with Crippen molar-refractivity contribution in [2.24, 2.45) is 5.73 Å². The van der Waals surface area contributed by atoms with E-state index in [-0.39, 0.29) is 17.4 Å². The summed E-state index contributed by atoms with van der Waals surface area (Å²) < 4.78 is 23.0. The molecule has 23 heavy (non-hydrogen) atoms. The summed E-state index contributed by atoms with van der Waals surface area (Å²) in [4.78, 5) is 14.4. The van der Waals surface area contributed by atoms with Crippen molar-refractivity contribution in [2.75, 3.05) is 34.8 Å². The van der Waals surface area contributed by atoms with Crippen LogP contribution >= 0.6 is 0 Å². The molecule has 0 radical (unpaired) electrons. The largest absolute Gasteiger partial charge is 0.369 e. The minimum atomic E-state index is -2.90. The molecule has 1 saturated carbocycles. The monoisotopic (exact) mass is 337 g/mol. The van der Waals surface area contributed by atoms with Gasteiger partial charge in [-0.1, -0.05) is 18.9 Å². The van der Waals surface area contributed by atoms with Crippen molar-refractivity contribution in [3.63, 3.8) is 0 Å². The molecule has 0 unspecified atom stereocenters. The predicted octanol–water partition coefficient (Wildman–Crippen LogP) is 1.13. The van der Waals surface area contributed by atoms with E-state index in [1.807, 2.05) is 29.2 Å². The fourth-order valence-electron chi connectivity index (χ4n) is 3.24. The van der Waals surface area contributed by atoms with Crippen LogP contribution in [-0.2, 0) is 14.6 Å². The Morgan fingerprint density at radius 2 is 1.83 bits per heavy atom. The molecule has 6 nitrogen and oxygen atoms in total. The van der Waals surface area contributed by atoms with E-state index >= 15 is 0 Å². The first kappa shape index (κ1) is 16.3. The highest BCUT2D eigenvalue weighted by Crippen LogP contribution is 2.29. The van der Waals surface area contributed by atoms with Gasteiger partial charge in [-0.25, -0.2) is 8.42 Å². The molecule has 0 aromatic heterocycles. The number of hydrogen-bond donors (Lipinski definition) is 2. The van der Waals surface area contributed by atoms with Crippen LogP contribution in [0.2, 0.25) is 0 Å². The first-order valence-corrected chi connectivity index (χ1v) is 9.86. The second-order valence-corrected chi connectivity index (χ2v) is 8.81. The third-order valence-corrected chi connectivity index (χ3v) is 6.37. The Balaban J connectivity index is 1.69. The number of sulfone groups is 1. The van der Waals surface area contributed by atoms with Gasteiger partial charge in [-0.2, -0.15) is 0 Å². The number of anilines is 2. The van der Waals surface area contributed by atoms with Crippen molar-refractivity contribution in [2.45, 2.75) is 31.2 Å². The van der Waals surface area contributed by atoms with Gasteiger partial charge in [0, 0.05) is 24.5 Å². The lowest BCUT2D eigenvalue weighted by Crippen LogP contribution is -2.48. The minimum absolute atomic E-state index is 0.131. The molecule has 0 atom stereocenters. The molecule has 1 aliphatic heterocycles. The number of rotatable bonds is 3. The smallest absolute Gasteiger partial charge is 0.244 e. The van der Waals surface area contributed by atoms with Crippen molar-refractivity contribution in [3.8, 4) is 0 Å². The van der Waals surface area contributed by atoms with Gasteiger partial charge in [-0.15, -0.1) is 0 Å². The van der Waals surface area contributed by atoms with E-state index in [0.717, 1.165) is 31.4 Å². The quantitative estimate of drug-likeness (QED) is 0.862. The Hall–Kier alpha value is -1.60. The average Bonchev–Trinajstić information content (AvgIpc) is 2.96. The first-order valence-electron chi connectivity index (χ1n) is 8.04. The zero-order chi connectivity index (χ0) is 16.5. The molecule has 3 N–H and O–H groups in total. The summed E-state index contributed by atoms with van der Waals surface area (Å²) in [7, 11) is -2.90. The maximum absolute atomic E-state index is 12.4. The maximum Gasteiger partial charge on any atom is 0.244 e. The number of nitrogens with two attached hydrogens (primary N) is 1. The number of hydrogen-bond acceptors (Lipinski definition) is 5. The summed E-state index contributed by atoms with van der Waals surface area (Å²) in [6.07, 6.45) is 3.43. The third kappa shape index (κ3) is 3.67. The van der Waals surface area contributed by atoms with Crippen LogP contribution in [0.4, 0.5) is 11.4 Å². The highest BCUT2D eigenvalue weighted by atomic mass is 32.2. The van der Waals surface area contributed by atoms with Gasteiger partial charge in [0.25, 0.3) is 0 Å². The molecule has 126 valence electrons. The summed E-state index contributed by atoms with van der Waals surface area (Å²) in [6, 6.07) is 7.52. The molecule has 0 spiro atoms. The lowest BCUT2D eigenvalue weighted by atomic mass is 9.98. The molecule has 1 aromatic rings. The summed E-state index contributed by atoms with van der Waals surface area (Å²) in [5.74, 6) is 0.221. The van der Waals surface area contributed by atoms with E-state index in [4.69, 9.17) is 5.73 Å². The van der Waals surface area contributed by atoms with Crippen LogP contribution in [0.3, 0.4) is 0 Å². The number of carbonyl (C=O) groups excluding carboxylic acids is 1. The topological polar surface area (TPSA) is 92.5 Å². The number of nitrogens with zero attached hydrogens (tertiary/aromatic N) is 1. The lowest BCUT2D eigenvalue weighted by Gasteiger charge is -2.29. The predicted molar refractivity (Wildman–Crippen MR) is 91.3 cm³/mol. The Bertz CT molecular complexity index is 682. The van der Waals surface area contributed by atoms with E-state index in [1.54, 1.807) is 0 Å². The number of amides is 1. The second-order valence-electron chi connectivity index (χ2n) is 6.51. The molecular weight excluding hydrogens is 314 g/mol. The molecule has 1 aromatic carbocycles. The van der Waals surface area contributed by atoms with Crippen LogP contribution < -0.4 is 16.0 Å². The molecule has 0 bridgehead atoms. The summed E-state index contributed by atoms with van der Waals surface area (Å²) in [6.45, 7) is 0.973. The third-order valence-electron chi connectivity index (χ3n) is 4.76.